The fourth-order valence-corrected chi connectivity index (χ4v) is 3.49. The zero-order valence-corrected chi connectivity index (χ0v) is 20.7. The Balaban J connectivity index is 1.95. The molecule has 2 amide bonds. The van der Waals surface area contributed by atoms with Gasteiger partial charge in [0, 0.05) is 5.69 Å². The third-order valence-electron chi connectivity index (χ3n) is 3.71. The average molecular weight is 578 g/mol. The average Bonchev–Trinajstić information content (AvgIpc) is 2.70. The molecule has 2 N–H and O–H groups in total. The quantitative estimate of drug-likeness (QED) is 0.174. The highest BCUT2D eigenvalue weighted by Crippen LogP contribution is 2.34. The number of halogens is 3. The third kappa shape index (κ3) is 8.19. The van der Waals surface area contributed by atoms with Gasteiger partial charge in [0.15, 0.2) is 11.5 Å². The lowest BCUT2D eigenvalue weighted by Crippen LogP contribution is -2.24. The van der Waals surface area contributed by atoms with Crippen LogP contribution in [0.1, 0.15) is 32.3 Å². The van der Waals surface area contributed by atoms with Gasteiger partial charge in [0.05, 0.1) is 33.0 Å². The number of hydrogen-bond acceptors (Lipinski definition) is 5. The summed E-state index contributed by atoms with van der Waals surface area (Å²) in [6.07, 6.45) is 1.96. The molecule has 0 radical (unpaired) electrons. The zero-order valence-electron chi connectivity index (χ0n) is 17.0. The Morgan fingerprint density at radius 1 is 1.10 bits per heavy atom. The smallest absolute Gasteiger partial charge is 0.249 e. The molecule has 2 rings (SSSR count). The van der Waals surface area contributed by atoms with Crippen LogP contribution in [0, 0.1) is 3.57 Å². The standard InChI is InChI=1S/C21H22Cl2IN3O4/c1-3-7-31-21-17(24)8-13(9-18(21)30-4-2)12-25-27-20(29)11-19(28)26-14-5-6-15(22)16(23)10-14/h5-6,8-10,12H,3-4,7,11H2,1-2H3,(H,26,28)(H,27,29). The van der Waals surface area contributed by atoms with Crippen molar-refractivity contribution >= 4 is 69.5 Å². The normalized spacial score (nSPS) is 10.7. The number of benzene rings is 2. The fourth-order valence-electron chi connectivity index (χ4n) is 2.41. The predicted molar refractivity (Wildman–Crippen MR) is 132 cm³/mol. The molecule has 31 heavy (non-hydrogen) atoms. The summed E-state index contributed by atoms with van der Waals surface area (Å²) < 4.78 is 12.3. The summed E-state index contributed by atoms with van der Waals surface area (Å²) in [7, 11) is 0. The molecule has 0 atom stereocenters. The summed E-state index contributed by atoms with van der Waals surface area (Å²) in [5.41, 5.74) is 3.50. The van der Waals surface area contributed by atoms with Crippen LogP contribution < -0.4 is 20.2 Å². The molecule has 0 fully saturated rings. The van der Waals surface area contributed by atoms with Crippen LogP contribution in [0.2, 0.25) is 10.0 Å². The van der Waals surface area contributed by atoms with Crippen LogP contribution >= 0.6 is 45.8 Å². The largest absolute Gasteiger partial charge is 0.490 e. The lowest BCUT2D eigenvalue weighted by Gasteiger charge is -2.14. The molecule has 0 aromatic heterocycles. The minimum absolute atomic E-state index is 0.306. The van der Waals surface area contributed by atoms with Crippen molar-refractivity contribution in [2.24, 2.45) is 5.10 Å². The van der Waals surface area contributed by atoms with E-state index in [-0.39, 0.29) is 0 Å². The van der Waals surface area contributed by atoms with Gasteiger partial charge in [-0.1, -0.05) is 30.1 Å². The van der Waals surface area contributed by atoms with Gasteiger partial charge in [-0.2, -0.15) is 5.10 Å². The first kappa shape index (κ1) is 25.2. The second kappa shape index (κ2) is 12.7. The maximum Gasteiger partial charge on any atom is 0.249 e. The molecule has 7 nitrogen and oxygen atoms in total. The van der Waals surface area contributed by atoms with E-state index >= 15 is 0 Å². The first-order valence-corrected chi connectivity index (χ1v) is 11.3. The van der Waals surface area contributed by atoms with Crippen molar-refractivity contribution < 1.29 is 19.1 Å². The Kier molecular flexibility index (Phi) is 10.4. The van der Waals surface area contributed by atoms with Gasteiger partial charge in [-0.25, -0.2) is 5.43 Å². The molecule has 0 spiro atoms. The molecule has 0 aliphatic carbocycles. The van der Waals surface area contributed by atoms with Gasteiger partial charge in [-0.15, -0.1) is 0 Å². The number of hydrogen-bond donors (Lipinski definition) is 2. The molecular weight excluding hydrogens is 556 g/mol. The summed E-state index contributed by atoms with van der Waals surface area (Å²) in [5, 5.41) is 7.17. The third-order valence-corrected chi connectivity index (χ3v) is 5.25. The van der Waals surface area contributed by atoms with Gasteiger partial charge in [0.1, 0.15) is 6.42 Å². The number of rotatable bonds is 10. The summed E-state index contributed by atoms with van der Waals surface area (Å²) in [4.78, 5) is 24.0. The van der Waals surface area contributed by atoms with Crippen LogP contribution in [0.5, 0.6) is 11.5 Å². The van der Waals surface area contributed by atoms with E-state index in [0.717, 1.165) is 15.6 Å². The van der Waals surface area contributed by atoms with Crippen LogP contribution in [0.4, 0.5) is 5.69 Å². The van der Waals surface area contributed by atoms with Gasteiger partial charge < -0.3 is 14.8 Å². The van der Waals surface area contributed by atoms with Crippen molar-refractivity contribution in [1.29, 1.82) is 0 Å². The summed E-state index contributed by atoms with van der Waals surface area (Å²) in [6.45, 7) is 5.00. The highest BCUT2D eigenvalue weighted by atomic mass is 127. The number of carbonyl (C=O) groups is 2. The number of amides is 2. The zero-order chi connectivity index (χ0) is 22.8. The van der Waals surface area contributed by atoms with Gasteiger partial charge >= 0.3 is 0 Å². The Labute approximate surface area is 204 Å². The molecule has 0 unspecified atom stereocenters. The van der Waals surface area contributed by atoms with E-state index in [4.69, 9.17) is 32.7 Å². The predicted octanol–water partition coefficient (Wildman–Crippen LogP) is 5.26. The van der Waals surface area contributed by atoms with E-state index in [1.165, 1.54) is 12.3 Å². The van der Waals surface area contributed by atoms with Crippen molar-refractivity contribution in [3.8, 4) is 11.5 Å². The number of ether oxygens (including phenoxy) is 2. The van der Waals surface area contributed by atoms with E-state index in [0.29, 0.717) is 40.4 Å². The van der Waals surface area contributed by atoms with Crippen molar-refractivity contribution in [3.63, 3.8) is 0 Å². The fraction of sp³-hybridized carbons (Fsp3) is 0.286. The lowest BCUT2D eigenvalue weighted by atomic mass is 10.2. The number of nitrogens with zero attached hydrogens (tertiary/aromatic N) is 1. The van der Waals surface area contributed by atoms with Crippen molar-refractivity contribution in [3.05, 3.63) is 49.5 Å². The summed E-state index contributed by atoms with van der Waals surface area (Å²) in [5.74, 6) is 0.231. The molecule has 2 aromatic rings. The van der Waals surface area contributed by atoms with Gasteiger partial charge in [0.25, 0.3) is 0 Å². The van der Waals surface area contributed by atoms with Gasteiger partial charge in [0.2, 0.25) is 11.8 Å². The van der Waals surface area contributed by atoms with Gasteiger partial charge in [-0.05, 0) is 71.8 Å². The van der Waals surface area contributed by atoms with Crippen LogP contribution in [0.25, 0.3) is 0 Å². The van der Waals surface area contributed by atoms with Crippen molar-refractivity contribution in [1.82, 2.24) is 5.43 Å². The van der Waals surface area contributed by atoms with E-state index < -0.39 is 18.2 Å². The minimum atomic E-state index is -0.559. The minimum Gasteiger partial charge on any atom is -0.490 e. The maximum atomic E-state index is 12.0. The van der Waals surface area contributed by atoms with Crippen LogP contribution in [-0.4, -0.2) is 31.2 Å². The number of anilines is 1. The van der Waals surface area contributed by atoms with Crippen molar-refractivity contribution in [2.75, 3.05) is 18.5 Å². The Bertz CT molecular complexity index is 970. The molecule has 0 aliphatic heterocycles. The van der Waals surface area contributed by atoms with Crippen molar-refractivity contribution in [2.45, 2.75) is 26.7 Å². The van der Waals surface area contributed by atoms with Crippen LogP contribution in [-0.2, 0) is 9.59 Å². The number of nitrogens with one attached hydrogen (secondary N) is 2. The highest BCUT2D eigenvalue weighted by Gasteiger charge is 2.12. The number of carbonyl (C=O) groups excluding carboxylic acids is 2. The van der Waals surface area contributed by atoms with Crippen LogP contribution in [0.15, 0.2) is 35.4 Å². The molecule has 166 valence electrons. The first-order valence-electron chi connectivity index (χ1n) is 9.50. The van der Waals surface area contributed by atoms with E-state index in [9.17, 15) is 9.59 Å². The molecular formula is C21H22Cl2IN3O4. The summed E-state index contributed by atoms with van der Waals surface area (Å²) >= 11 is 13.9. The second-order valence-electron chi connectivity index (χ2n) is 6.26. The number of hydrazone groups is 1. The van der Waals surface area contributed by atoms with Gasteiger partial charge in [-0.3, -0.25) is 9.59 Å². The first-order chi connectivity index (χ1) is 14.8. The Morgan fingerprint density at radius 2 is 1.87 bits per heavy atom. The second-order valence-corrected chi connectivity index (χ2v) is 8.24. The van der Waals surface area contributed by atoms with Crippen LogP contribution in [0.3, 0.4) is 0 Å². The molecule has 0 saturated heterocycles. The topological polar surface area (TPSA) is 89.0 Å². The molecule has 0 saturated carbocycles. The van der Waals surface area contributed by atoms with E-state index in [2.05, 4.69) is 38.4 Å². The van der Waals surface area contributed by atoms with E-state index in [1.807, 2.05) is 19.9 Å². The molecule has 0 heterocycles. The Morgan fingerprint density at radius 3 is 2.55 bits per heavy atom. The molecule has 2 aromatic carbocycles. The Hall–Kier alpha value is -2.04. The van der Waals surface area contributed by atoms with E-state index in [1.54, 1.807) is 18.2 Å². The monoisotopic (exact) mass is 577 g/mol. The molecule has 0 aliphatic rings. The maximum absolute atomic E-state index is 12.0. The molecule has 10 heteroatoms. The summed E-state index contributed by atoms with van der Waals surface area (Å²) in [6, 6.07) is 8.29. The lowest BCUT2D eigenvalue weighted by molar-refractivity contribution is -0.126. The SMILES string of the molecule is CCCOc1c(I)cc(C=NNC(=O)CC(=O)Nc2ccc(Cl)c(Cl)c2)cc1OCC. The highest BCUT2D eigenvalue weighted by molar-refractivity contribution is 14.1. The molecule has 0 bridgehead atoms.